The molecule has 2 amide bonds. The van der Waals surface area contributed by atoms with Gasteiger partial charge in [0.25, 0.3) is 17.5 Å². The zero-order valence-corrected chi connectivity index (χ0v) is 21.3. The molecule has 0 spiro atoms. The highest BCUT2D eigenvalue weighted by molar-refractivity contribution is 6.06. The molecule has 5 rings (SSSR count). The maximum Gasteiger partial charge on any atom is 0.269 e. The van der Waals surface area contributed by atoms with E-state index >= 15 is 0 Å². The molecule has 2 N–H and O–H groups in total. The van der Waals surface area contributed by atoms with Gasteiger partial charge in [-0.05, 0) is 59.9 Å². The van der Waals surface area contributed by atoms with Crippen molar-refractivity contribution in [3.8, 4) is 0 Å². The number of carbonyl (C=O) groups is 2. The van der Waals surface area contributed by atoms with Crippen molar-refractivity contribution in [2.45, 2.75) is 19.4 Å². The number of anilines is 2. The fraction of sp³-hybridized carbons (Fsp3) is 0.161. The molecule has 0 fully saturated rings. The van der Waals surface area contributed by atoms with Crippen LogP contribution in [0.4, 0.5) is 17.1 Å². The maximum absolute atomic E-state index is 13.4. The Morgan fingerprint density at radius 2 is 1.56 bits per heavy atom. The molecule has 4 aromatic carbocycles. The zero-order valence-electron chi connectivity index (χ0n) is 21.3. The fourth-order valence-corrected chi connectivity index (χ4v) is 4.77. The molecule has 1 aliphatic rings. The van der Waals surface area contributed by atoms with Crippen LogP contribution in [0.25, 0.3) is 0 Å². The summed E-state index contributed by atoms with van der Waals surface area (Å²) in [5.41, 5.74) is 5.62. The van der Waals surface area contributed by atoms with Crippen LogP contribution in [0.3, 0.4) is 0 Å². The van der Waals surface area contributed by atoms with E-state index < -0.39 is 10.8 Å². The van der Waals surface area contributed by atoms with E-state index in [4.69, 9.17) is 0 Å². The Labute approximate surface area is 226 Å². The van der Waals surface area contributed by atoms with Crippen molar-refractivity contribution in [2.24, 2.45) is 0 Å². The van der Waals surface area contributed by atoms with Gasteiger partial charge in [0.1, 0.15) is 0 Å². The van der Waals surface area contributed by atoms with E-state index in [-0.39, 0.29) is 17.2 Å². The third-order valence-corrected chi connectivity index (χ3v) is 6.85. The van der Waals surface area contributed by atoms with E-state index in [2.05, 4.69) is 27.7 Å². The molecule has 196 valence electrons. The number of nitrogens with zero attached hydrogens (tertiary/aromatic N) is 2. The summed E-state index contributed by atoms with van der Waals surface area (Å²) in [7, 11) is 0. The minimum Gasteiger partial charge on any atom is -0.366 e. The molecule has 8 nitrogen and oxygen atoms in total. The van der Waals surface area contributed by atoms with Crippen LogP contribution in [0, 0.1) is 10.1 Å². The summed E-state index contributed by atoms with van der Waals surface area (Å²) < 4.78 is 0. The Hall–Kier alpha value is -4.98. The van der Waals surface area contributed by atoms with Gasteiger partial charge < -0.3 is 15.5 Å². The van der Waals surface area contributed by atoms with E-state index in [0.717, 1.165) is 24.2 Å². The minimum atomic E-state index is -0.512. The van der Waals surface area contributed by atoms with Crippen LogP contribution < -0.4 is 15.5 Å². The Balaban J connectivity index is 1.37. The first-order chi connectivity index (χ1) is 19.0. The van der Waals surface area contributed by atoms with Crippen LogP contribution in [0.1, 0.15) is 37.4 Å². The van der Waals surface area contributed by atoms with Gasteiger partial charge in [-0.1, -0.05) is 54.6 Å². The lowest BCUT2D eigenvalue weighted by atomic mass is 9.98. The van der Waals surface area contributed by atoms with Gasteiger partial charge in [-0.15, -0.1) is 0 Å². The van der Waals surface area contributed by atoms with Crippen LogP contribution in [0.15, 0.2) is 97.1 Å². The van der Waals surface area contributed by atoms with Crippen molar-refractivity contribution in [3.05, 3.63) is 135 Å². The third-order valence-electron chi connectivity index (χ3n) is 6.85. The molecule has 39 heavy (non-hydrogen) atoms. The highest BCUT2D eigenvalue weighted by atomic mass is 16.6. The normalized spacial score (nSPS) is 12.4. The molecular weight excluding hydrogens is 492 g/mol. The summed E-state index contributed by atoms with van der Waals surface area (Å²) in [4.78, 5) is 38.9. The number of nitrogens with one attached hydrogen (secondary N) is 2. The number of nitro groups is 1. The quantitative estimate of drug-likeness (QED) is 0.240. The van der Waals surface area contributed by atoms with E-state index in [1.807, 2.05) is 48.5 Å². The van der Waals surface area contributed by atoms with Crippen LogP contribution in [-0.2, 0) is 19.4 Å². The average Bonchev–Trinajstić information content (AvgIpc) is 2.97. The van der Waals surface area contributed by atoms with Crippen molar-refractivity contribution < 1.29 is 14.5 Å². The van der Waals surface area contributed by atoms with Crippen molar-refractivity contribution in [3.63, 3.8) is 0 Å². The number of non-ortho nitro benzene ring substituents is 1. The van der Waals surface area contributed by atoms with Gasteiger partial charge >= 0.3 is 0 Å². The monoisotopic (exact) mass is 520 g/mol. The summed E-state index contributed by atoms with van der Waals surface area (Å²) in [6, 6.07) is 29.0. The van der Waals surface area contributed by atoms with E-state index in [1.165, 1.54) is 35.4 Å². The topological polar surface area (TPSA) is 105 Å². The first-order valence-electron chi connectivity index (χ1n) is 12.8. The number of carbonyl (C=O) groups excluding carboxylic acids is 2. The fourth-order valence-electron chi connectivity index (χ4n) is 4.77. The van der Waals surface area contributed by atoms with Crippen LogP contribution in [0.5, 0.6) is 0 Å². The molecule has 1 heterocycles. The molecule has 0 aliphatic carbocycles. The first kappa shape index (κ1) is 25.7. The molecule has 0 bridgehead atoms. The molecule has 0 aromatic heterocycles. The average molecular weight is 521 g/mol. The van der Waals surface area contributed by atoms with Gasteiger partial charge in [0.15, 0.2) is 0 Å². The summed E-state index contributed by atoms with van der Waals surface area (Å²) in [5, 5.41) is 16.8. The molecule has 0 atom stereocenters. The standard InChI is InChI=1S/C31H28N4O4/c36-30(24-10-13-27(14-11-24)35(38)39)33-26-12-15-29(34-19-17-23-8-4-5-9-25(23)21-34)28(20-26)31(37)32-18-16-22-6-2-1-3-7-22/h1-15,20H,16-19,21H2,(H,32,37)(H,33,36). The van der Waals surface area contributed by atoms with Crippen LogP contribution >= 0.6 is 0 Å². The molecule has 0 unspecified atom stereocenters. The first-order valence-corrected chi connectivity index (χ1v) is 12.8. The van der Waals surface area contributed by atoms with Crippen LogP contribution in [-0.4, -0.2) is 29.8 Å². The SMILES string of the molecule is O=C(Nc1ccc(N2CCc3ccccc3C2)c(C(=O)NCCc2ccccc2)c1)c1ccc([N+](=O)[O-])cc1. The predicted octanol–water partition coefficient (Wildman–Crippen LogP) is 5.38. The summed E-state index contributed by atoms with van der Waals surface area (Å²) in [5.74, 6) is -0.633. The highest BCUT2D eigenvalue weighted by Crippen LogP contribution is 2.30. The summed E-state index contributed by atoms with van der Waals surface area (Å²) in [6.07, 6.45) is 1.58. The Morgan fingerprint density at radius 1 is 0.846 bits per heavy atom. The van der Waals surface area contributed by atoms with Gasteiger partial charge in [0.05, 0.1) is 10.5 Å². The van der Waals surface area contributed by atoms with E-state index in [9.17, 15) is 19.7 Å². The number of hydrogen-bond acceptors (Lipinski definition) is 5. The second-order valence-corrected chi connectivity index (χ2v) is 9.42. The summed E-state index contributed by atoms with van der Waals surface area (Å²) in [6.45, 7) is 1.94. The number of benzene rings is 4. The number of hydrogen-bond donors (Lipinski definition) is 2. The molecule has 0 radical (unpaired) electrons. The lowest BCUT2D eigenvalue weighted by molar-refractivity contribution is -0.384. The van der Waals surface area contributed by atoms with Crippen molar-refractivity contribution >= 4 is 28.9 Å². The van der Waals surface area contributed by atoms with E-state index in [0.29, 0.717) is 30.8 Å². The van der Waals surface area contributed by atoms with Crippen molar-refractivity contribution in [1.29, 1.82) is 0 Å². The Bertz CT molecular complexity index is 1500. The van der Waals surface area contributed by atoms with Gasteiger partial charge in [0.2, 0.25) is 0 Å². The van der Waals surface area contributed by atoms with Gasteiger partial charge in [-0.3, -0.25) is 19.7 Å². The van der Waals surface area contributed by atoms with Crippen LogP contribution in [0.2, 0.25) is 0 Å². The van der Waals surface area contributed by atoms with Crippen molar-refractivity contribution in [2.75, 3.05) is 23.3 Å². The number of nitro benzene ring substituents is 1. The molecule has 8 heteroatoms. The largest absolute Gasteiger partial charge is 0.366 e. The predicted molar refractivity (Wildman–Crippen MR) is 151 cm³/mol. The molecule has 1 aliphatic heterocycles. The smallest absolute Gasteiger partial charge is 0.269 e. The maximum atomic E-state index is 13.4. The second kappa shape index (κ2) is 11.6. The van der Waals surface area contributed by atoms with Crippen molar-refractivity contribution in [1.82, 2.24) is 5.32 Å². The lowest BCUT2D eigenvalue weighted by Crippen LogP contribution is -2.33. The molecule has 0 saturated carbocycles. The lowest BCUT2D eigenvalue weighted by Gasteiger charge is -2.32. The summed E-state index contributed by atoms with van der Waals surface area (Å²) >= 11 is 0. The molecule has 4 aromatic rings. The highest BCUT2D eigenvalue weighted by Gasteiger charge is 2.22. The third kappa shape index (κ3) is 6.13. The van der Waals surface area contributed by atoms with E-state index in [1.54, 1.807) is 12.1 Å². The number of fused-ring (bicyclic) bond motifs is 1. The van der Waals surface area contributed by atoms with Gasteiger partial charge in [-0.25, -0.2) is 0 Å². The Kier molecular flexibility index (Phi) is 7.63. The molecular formula is C31H28N4O4. The number of amides is 2. The van der Waals surface area contributed by atoms with Gasteiger partial charge in [-0.2, -0.15) is 0 Å². The molecule has 0 saturated heterocycles. The number of rotatable bonds is 8. The second-order valence-electron chi connectivity index (χ2n) is 9.42. The minimum absolute atomic E-state index is 0.0894. The van der Waals surface area contributed by atoms with Gasteiger partial charge in [0, 0.05) is 48.7 Å². The zero-order chi connectivity index (χ0) is 27.2. The Morgan fingerprint density at radius 3 is 2.31 bits per heavy atom.